The first kappa shape index (κ1) is 20.5. The fourth-order valence-electron chi connectivity index (χ4n) is 0.175. The Balaban J connectivity index is -0.000000196. The Kier molecular flexibility index (Phi) is 14.0. The van der Waals surface area contributed by atoms with E-state index >= 15 is 0 Å². The molecular formula is C7H10O11. The molecule has 0 radical (unpaired) electrons. The van der Waals surface area contributed by atoms with Crippen LogP contribution in [0, 0.1) is 0 Å². The predicted molar refractivity (Wildman–Crippen MR) is 50.0 cm³/mol. The maximum atomic E-state index is 9.69. The minimum atomic E-state index is -1.83. The Bertz CT molecular complexity index is 287. The summed E-state index contributed by atoms with van der Waals surface area (Å²) < 4.78 is 7.55. The van der Waals surface area contributed by atoms with Crippen LogP contribution in [0.3, 0.4) is 0 Å². The van der Waals surface area contributed by atoms with Gasteiger partial charge in [0.15, 0.2) is 0 Å². The molecule has 0 aliphatic heterocycles. The van der Waals surface area contributed by atoms with Crippen molar-refractivity contribution in [1.82, 2.24) is 0 Å². The molecule has 18 heavy (non-hydrogen) atoms. The topological polar surface area (TPSA) is 185 Å². The van der Waals surface area contributed by atoms with Crippen molar-refractivity contribution in [3.8, 4) is 0 Å². The highest BCUT2D eigenvalue weighted by Crippen LogP contribution is 1.68. The lowest BCUT2D eigenvalue weighted by atomic mass is 10.7. The monoisotopic (exact) mass is 270 g/mol. The molecular weight excluding hydrogens is 260 g/mol. The lowest BCUT2D eigenvalue weighted by Gasteiger charge is -1.85. The van der Waals surface area contributed by atoms with Crippen LogP contribution in [-0.4, -0.2) is 64.7 Å². The summed E-state index contributed by atoms with van der Waals surface area (Å²) in [5.74, 6) is -5.61. The number of rotatable bonds is 0. The fourth-order valence-corrected chi connectivity index (χ4v) is 0.175. The summed E-state index contributed by atoms with van der Waals surface area (Å²) in [4.78, 5) is 46.8. The molecule has 11 nitrogen and oxygen atoms in total. The maximum Gasteiger partial charge on any atom is 0.503 e. The molecule has 0 heterocycles. The maximum absolute atomic E-state index is 9.69. The van der Waals surface area contributed by atoms with Crippen LogP contribution in [0.5, 0.6) is 0 Å². The smallest absolute Gasteiger partial charge is 0.473 e. The average molecular weight is 270 g/mol. The standard InChI is InChI=1S/2C3H4O4.CH2O3/c2*1-7-3(6)2(4)5;2-1(3)4/h2*1H3,(H,4,5);(H2,2,3,4). The van der Waals surface area contributed by atoms with Crippen LogP contribution >= 0.6 is 0 Å². The van der Waals surface area contributed by atoms with Gasteiger partial charge < -0.3 is 29.9 Å². The zero-order valence-electron chi connectivity index (χ0n) is 9.15. The number of esters is 2. The molecule has 0 rings (SSSR count). The van der Waals surface area contributed by atoms with Gasteiger partial charge in [0.25, 0.3) is 0 Å². The first-order chi connectivity index (χ1) is 8.09. The molecule has 0 amide bonds. The van der Waals surface area contributed by atoms with Crippen molar-refractivity contribution in [3.05, 3.63) is 0 Å². The number of carbonyl (C=O) groups is 5. The molecule has 0 aromatic carbocycles. The normalized spacial score (nSPS) is 7.22. The van der Waals surface area contributed by atoms with E-state index in [0.29, 0.717) is 0 Å². The van der Waals surface area contributed by atoms with E-state index in [1.807, 2.05) is 0 Å². The summed E-state index contributed by atoms with van der Waals surface area (Å²) in [6, 6.07) is 0. The third-order valence-corrected chi connectivity index (χ3v) is 0.720. The number of carboxylic acids is 2. The van der Waals surface area contributed by atoms with Crippen LogP contribution in [0.15, 0.2) is 0 Å². The molecule has 0 spiro atoms. The Morgan fingerprint density at radius 1 is 0.667 bits per heavy atom. The van der Waals surface area contributed by atoms with Crippen molar-refractivity contribution in [2.45, 2.75) is 0 Å². The van der Waals surface area contributed by atoms with Crippen LogP contribution in [0.1, 0.15) is 0 Å². The van der Waals surface area contributed by atoms with E-state index in [1.54, 1.807) is 0 Å². The van der Waals surface area contributed by atoms with Gasteiger partial charge in [0, 0.05) is 0 Å². The Morgan fingerprint density at radius 3 is 0.833 bits per heavy atom. The van der Waals surface area contributed by atoms with E-state index in [-0.39, 0.29) is 0 Å². The Hall–Kier alpha value is -2.85. The van der Waals surface area contributed by atoms with E-state index in [9.17, 15) is 19.2 Å². The van der Waals surface area contributed by atoms with Crippen molar-refractivity contribution >= 4 is 30.0 Å². The Morgan fingerprint density at radius 2 is 0.833 bits per heavy atom. The molecule has 104 valence electrons. The van der Waals surface area contributed by atoms with Crippen LogP contribution in [0.25, 0.3) is 0 Å². The number of ether oxygens (including phenoxy) is 2. The molecule has 0 fully saturated rings. The highest BCUT2D eigenvalue weighted by molar-refractivity contribution is 6.28. The van der Waals surface area contributed by atoms with Crippen LogP contribution in [0.2, 0.25) is 0 Å². The van der Waals surface area contributed by atoms with Crippen molar-refractivity contribution < 1.29 is 53.9 Å². The van der Waals surface area contributed by atoms with Crippen LogP contribution in [-0.2, 0) is 28.7 Å². The van der Waals surface area contributed by atoms with Crippen molar-refractivity contribution in [2.24, 2.45) is 0 Å². The quantitative estimate of drug-likeness (QED) is 0.303. The predicted octanol–water partition coefficient (Wildman–Crippen LogP) is -1.29. The summed E-state index contributed by atoms with van der Waals surface area (Å²) in [5, 5.41) is 29.4. The zero-order chi connectivity index (χ0) is 15.3. The molecule has 0 aliphatic rings. The van der Waals surface area contributed by atoms with Gasteiger partial charge in [0.05, 0.1) is 14.2 Å². The van der Waals surface area contributed by atoms with Crippen molar-refractivity contribution in [1.29, 1.82) is 0 Å². The highest BCUT2D eigenvalue weighted by Gasteiger charge is 2.08. The first-order valence-corrected chi connectivity index (χ1v) is 3.64. The molecule has 0 atom stereocenters. The van der Waals surface area contributed by atoms with Gasteiger partial charge in [0.1, 0.15) is 0 Å². The van der Waals surface area contributed by atoms with Gasteiger partial charge in [-0.25, -0.2) is 24.0 Å². The number of methoxy groups -OCH3 is 2. The average Bonchev–Trinajstić information content (AvgIpc) is 2.26. The zero-order valence-corrected chi connectivity index (χ0v) is 9.15. The molecule has 0 aliphatic carbocycles. The number of carboxylic acid groups (broad SMARTS) is 4. The molecule has 0 bridgehead atoms. The summed E-state index contributed by atoms with van der Waals surface area (Å²) in [5.41, 5.74) is 0. The first-order valence-electron chi connectivity index (χ1n) is 3.64. The van der Waals surface area contributed by atoms with Gasteiger partial charge in [0.2, 0.25) is 0 Å². The lowest BCUT2D eigenvalue weighted by Crippen LogP contribution is -2.13. The van der Waals surface area contributed by atoms with Gasteiger partial charge in [-0.05, 0) is 0 Å². The van der Waals surface area contributed by atoms with E-state index in [1.165, 1.54) is 0 Å². The van der Waals surface area contributed by atoms with Gasteiger partial charge in [-0.1, -0.05) is 0 Å². The Labute approximate surface area is 99.2 Å². The van der Waals surface area contributed by atoms with Crippen molar-refractivity contribution in [3.63, 3.8) is 0 Å². The van der Waals surface area contributed by atoms with Crippen LogP contribution in [0.4, 0.5) is 4.79 Å². The molecule has 11 heteroatoms. The van der Waals surface area contributed by atoms with Crippen molar-refractivity contribution in [2.75, 3.05) is 14.2 Å². The lowest BCUT2D eigenvalue weighted by molar-refractivity contribution is -0.161. The largest absolute Gasteiger partial charge is 0.503 e. The SMILES string of the molecule is COC(=O)C(=O)O.COC(=O)C(=O)O.O=C(O)O. The summed E-state index contributed by atoms with van der Waals surface area (Å²) in [6.45, 7) is 0. The molecule has 0 saturated carbocycles. The number of aliphatic carboxylic acids is 2. The minimum Gasteiger partial charge on any atom is -0.473 e. The third kappa shape index (κ3) is 23.2. The second-order valence-corrected chi connectivity index (χ2v) is 1.88. The van der Waals surface area contributed by atoms with Gasteiger partial charge in [-0.3, -0.25) is 0 Å². The summed E-state index contributed by atoms with van der Waals surface area (Å²) >= 11 is 0. The van der Waals surface area contributed by atoms with E-state index in [0.717, 1.165) is 14.2 Å². The second-order valence-electron chi connectivity index (χ2n) is 1.88. The fraction of sp³-hybridized carbons (Fsp3) is 0.286. The van der Waals surface area contributed by atoms with E-state index < -0.39 is 30.0 Å². The van der Waals surface area contributed by atoms with E-state index in [2.05, 4.69) is 9.47 Å². The minimum absolute atomic E-state index is 1.01. The molecule has 0 saturated heterocycles. The second kappa shape index (κ2) is 12.2. The number of carbonyl (C=O) groups excluding carboxylic acids is 2. The molecule has 4 N–H and O–H groups in total. The van der Waals surface area contributed by atoms with Crippen LogP contribution < -0.4 is 0 Å². The summed E-state index contributed by atoms with van der Waals surface area (Å²) in [6.07, 6.45) is -1.83. The number of hydrogen-bond acceptors (Lipinski definition) is 7. The summed E-state index contributed by atoms with van der Waals surface area (Å²) in [7, 11) is 2.02. The molecule has 0 aromatic heterocycles. The molecule has 0 unspecified atom stereocenters. The van der Waals surface area contributed by atoms with Gasteiger partial charge in [-0.2, -0.15) is 0 Å². The number of hydrogen-bond donors (Lipinski definition) is 4. The van der Waals surface area contributed by atoms with Gasteiger partial charge >= 0.3 is 30.0 Å². The highest BCUT2D eigenvalue weighted by atomic mass is 16.6. The molecule has 0 aromatic rings. The third-order valence-electron chi connectivity index (χ3n) is 0.720. The van der Waals surface area contributed by atoms with Gasteiger partial charge in [-0.15, -0.1) is 0 Å². The van der Waals surface area contributed by atoms with E-state index in [4.69, 9.17) is 25.2 Å².